The number of halogens is 1. The largest absolute Gasteiger partial charge is 0.458 e. The van der Waals surface area contributed by atoms with Crippen molar-refractivity contribution in [2.24, 2.45) is 11.1 Å². The molecule has 2 nitrogen and oxygen atoms in total. The Bertz CT molecular complexity index is 569. The van der Waals surface area contributed by atoms with Crippen molar-refractivity contribution in [1.82, 2.24) is 0 Å². The Balaban J connectivity index is 2.01. The summed E-state index contributed by atoms with van der Waals surface area (Å²) in [6, 6.07) is 7.79. The standard InChI is InChI=1S/C15H18ClNO/c1-15(7-2-3-8-15)14(17)12-9-10-5-4-6-11(16)13(10)18-12/h4-6,9,14H,2-3,7-8,17H2,1H3. The summed E-state index contributed by atoms with van der Waals surface area (Å²) in [5, 5.41) is 1.69. The summed E-state index contributed by atoms with van der Waals surface area (Å²) in [5.74, 6) is 0.863. The molecule has 1 unspecified atom stereocenters. The molecule has 0 bridgehead atoms. The van der Waals surface area contributed by atoms with Crippen LogP contribution in [0.5, 0.6) is 0 Å². The molecule has 2 N–H and O–H groups in total. The number of benzene rings is 1. The number of hydrogen-bond donors (Lipinski definition) is 1. The molecule has 0 spiro atoms. The van der Waals surface area contributed by atoms with Gasteiger partial charge in [0.25, 0.3) is 0 Å². The third-order valence-corrected chi connectivity index (χ3v) is 4.62. The number of para-hydroxylation sites is 1. The van der Waals surface area contributed by atoms with E-state index in [4.69, 9.17) is 21.8 Å². The van der Waals surface area contributed by atoms with E-state index in [1.807, 2.05) is 24.3 Å². The molecule has 96 valence electrons. The second kappa shape index (κ2) is 4.29. The molecule has 1 saturated carbocycles. The van der Waals surface area contributed by atoms with Crippen LogP contribution in [-0.2, 0) is 0 Å². The van der Waals surface area contributed by atoms with Crippen LogP contribution in [0.2, 0.25) is 5.02 Å². The van der Waals surface area contributed by atoms with Crippen molar-refractivity contribution in [3.8, 4) is 0 Å². The Morgan fingerprint density at radius 2 is 2.06 bits per heavy atom. The van der Waals surface area contributed by atoms with Crippen LogP contribution in [0.3, 0.4) is 0 Å². The molecule has 1 heterocycles. The van der Waals surface area contributed by atoms with Gasteiger partial charge in [0, 0.05) is 5.39 Å². The van der Waals surface area contributed by atoms with Gasteiger partial charge >= 0.3 is 0 Å². The van der Waals surface area contributed by atoms with Crippen molar-refractivity contribution < 1.29 is 4.42 Å². The third kappa shape index (κ3) is 1.84. The number of nitrogens with two attached hydrogens (primary N) is 1. The Hall–Kier alpha value is -0.990. The van der Waals surface area contributed by atoms with Crippen molar-refractivity contribution in [3.05, 3.63) is 35.0 Å². The van der Waals surface area contributed by atoms with E-state index in [-0.39, 0.29) is 11.5 Å². The van der Waals surface area contributed by atoms with Gasteiger partial charge in [0.2, 0.25) is 0 Å². The van der Waals surface area contributed by atoms with Crippen molar-refractivity contribution >= 4 is 22.6 Å². The molecule has 1 aliphatic rings. The van der Waals surface area contributed by atoms with Gasteiger partial charge in [-0.25, -0.2) is 0 Å². The maximum atomic E-state index is 6.41. The first-order chi connectivity index (χ1) is 8.60. The summed E-state index contributed by atoms with van der Waals surface area (Å²) in [6.07, 6.45) is 4.90. The van der Waals surface area contributed by atoms with Crippen molar-refractivity contribution in [3.63, 3.8) is 0 Å². The molecule has 2 aromatic rings. The van der Waals surface area contributed by atoms with E-state index in [1.54, 1.807) is 0 Å². The minimum Gasteiger partial charge on any atom is -0.458 e. The Morgan fingerprint density at radius 3 is 2.72 bits per heavy atom. The Kier molecular flexibility index (Phi) is 2.87. The molecule has 1 aromatic heterocycles. The van der Waals surface area contributed by atoms with Crippen molar-refractivity contribution in [1.29, 1.82) is 0 Å². The van der Waals surface area contributed by atoms with Crippen LogP contribution >= 0.6 is 11.6 Å². The highest BCUT2D eigenvalue weighted by Crippen LogP contribution is 2.47. The van der Waals surface area contributed by atoms with Gasteiger partial charge in [-0.05, 0) is 30.4 Å². The zero-order chi connectivity index (χ0) is 12.8. The maximum absolute atomic E-state index is 6.41. The van der Waals surface area contributed by atoms with Gasteiger partial charge in [0.1, 0.15) is 5.76 Å². The predicted molar refractivity (Wildman–Crippen MR) is 74.7 cm³/mol. The van der Waals surface area contributed by atoms with Crippen molar-refractivity contribution in [2.75, 3.05) is 0 Å². The van der Waals surface area contributed by atoms with Gasteiger partial charge in [0.15, 0.2) is 5.58 Å². The first-order valence-corrected chi connectivity index (χ1v) is 6.91. The van der Waals surface area contributed by atoms with E-state index in [0.717, 1.165) is 16.7 Å². The number of rotatable bonds is 2. The van der Waals surface area contributed by atoms with E-state index >= 15 is 0 Å². The fraction of sp³-hybridized carbons (Fsp3) is 0.467. The van der Waals surface area contributed by atoms with Gasteiger partial charge in [0.05, 0.1) is 11.1 Å². The lowest BCUT2D eigenvalue weighted by Crippen LogP contribution is -2.28. The van der Waals surface area contributed by atoms with E-state index in [9.17, 15) is 0 Å². The highest BCUT2D eigenvalue weighted by Gasteiger charge is 2.37. The van der Waals surface area contributed by atoms with Crippen LogP contribution in [0.1, 0.15) is 44.4 Å². The molecule has 3 rings (SSSR count). The van der Waals surface area contributed by atoms with Crippen molar-refractivity contribution in [2.45, 2.75) is 38.6 Å². The molecule has 1 atom stereocenters. The first-order valence-electron chi connectivity index (χ1n) is 6.54. The lowest BCUT2D eigenvalue weighted by Gasteiger charge is -2.29. The second-order valence-electron chi connectivity index (χ2n) is 5.65. The molecular formula is C15H18ClNO. The summed E-state index contributed by atoms with van der Waals surface area (Å²) < 4.78 is 5.88. The highest BCUT2D eigenvalue weighted by molar-refractivity contribution is 6.34. The summed E-state index contributed by atoms with van der Waals surface area (Å²) in [7, 11) is 0. The number of furan rings is 1. The summed E-state index contributed by atoms with van der Waals surface area (Å²) >= 11 is 6.13. The lowest BCUT2D eigenvalue weighted by molar-refractivity contribution is 0.239. The van der Waals surface area contributed by atoms with Crippen LogP contribution in [-0.4, -0.2) is 0 Å². The number of hydrogen-bond acceptors (Lipinski definition) is 2. The van der Waals surface area contributed by atoms with Crippen LogP contribution in [0.25, 0.3) is 11.0 Å². The number of fused-ring (bicyclic) bond motifs is 1. The predicted octanol–water partition coefficient (Wildman–Crippen LogP) is 4.67. The van der Waals surface area contributed by atoms with E-state index < -0.39 is 0 Å². The topological polar surface area (TPSA) is 39.2 Å². The summed E-state index contributed by atoms with van der Waals surface area (Å²) in [4.78, 5) is 0. The molecule has 18 heavy (non-hydrogen) atoms. The zero-order valence-electron chi connectivity index (χ0n) is 10.6. The molecule has 1 fully saturated rings. The van der Waals surface area contributed by atoms with Gasteiger partial charge in [-0.3, -0.25) is 0 Å². The zero-order valence-corrected chi connectivity index (χ0v) is 11.3. The van der Waals surface area contributed by atoms with Crippen LogP contribution in [0.4, 0.5) is 0 Å². The average molecular weight is 264 g/mol. The molecule has 1 aliphatic carbocycles. The van der Waals surface area contributed by atoms with Gasteiger partial charge in [-0.15, -0.1) is 0 Å². The quantitative estimate of drug-likeness (QED) is 0.855. The summed E-state index contributed by atoms with van der Waals surface area (Å²) in [6.45, 7) is 2.26. The normalized spacial score (nSPS) is 20.4. The smallest absolute Gasteiger partial charge is 0.152 e. The van der Waals surface area contributed by atoms with Gasteiger partial charge in [-0.1, -0.05) is 43.5 Å². The Labute approximate surface area is 112 Å². The van der Waals surface area contributed by atoms with Crippen LogP contribution in [0, 0.1) is 5.41 Å². The molecule has 0 aliphatic heterocycles. The second-order valence-corrected chi connectivity index (χ2v) is 6.05. The average Bonchev–Trinajstić information content (AvgIpc) is 2.96. The van der Waals surface area contributed by atoms with E-state index in [2.05, 4.69) is 6.92 Å². The van der Waals surface area contributed by atoms with Gasteiger partial charge in [-0.2, -0.15) is 0 Å². The van der Waals surface area contributed by atoms with E-state index in [1.165, 1.54) is 25.7 Å². The van der Waals surface area contributed by atoms with Gasteiger partial charge < -0.3 is 10.2 Å². The molecular weight excluding hydrogens is 246 g/mol. The first kappa shape index (κ1) is 12.1. The fourth-order valence-corrected chi connectivity index (χ4v) is 3.26. The third-order valence-electron chi connectivity index (χ3n) is 4.32. The van der Waals surface area contributed by atoms with E-state index in [0.29, 0.717) is 5.02 Å². The maximum Gasteiger partial charge on any atom is 0.152 e. The highest BCUT2D eigenvalue weighted by atomic mass is 35.5. The van der Waals surface area contributed by atoms with Crippen LogP contribution in [0.15, 0.2) is 28.7 Å². The SMILES string of the molecule is CC1(C(N)c2cc3cccc(Cl)c3o2)CCCC1. The molecule has 0 amide bonds. The molecule has 0 saturated heterocycles. The lowest BCUT2D eigenvalue weighted by atomic mass is 9.80. The minimum atomic E-state index is -0.0385. The molecule has 1 aromatic carbocycles. The monoisotopic (exact) mass is 263 g/mol. The van der Waals surface area contributed by atoms with Crippen LogP contribution < -0.4 is 5.73 Å². The Morgan fingerprint density at radius 1 is 1.33 bits per heavy atom. The molecule has 3 heteroatoms. The fourth-order valence-electron chi connectivity index (χ4n) is 3.04. The minimum absolute atomic E-state index is 0.0385. The molecule has 0 radical (unpaired) electrons. The summed E-state index contributed by atoms with van der Waals surface area (Å²) in [5.41, 5.74) is 7.33.